The van der Waals surface area contributed by atoms with E-state index in [2.05, 4.69) is 5.32 Å². The van der Waals surface area contributed by atoms with Gasteiger partial charge in [0.25, 0.3) is 0 Å². The highest BCUT2D eigenvalue weighted by molar-refractivity contribution is 7.90. The van der Waals surface area contributed by atoms with Gasteiger partial charge in [-0.3, -0.25) is 9.59 Å². The number of ether oxygens (including phenoxy) is 1. The summed E-state index contributed by atoms with van der Waals surface area (Å²) in [6.07, 6.45) is 1.07. The van der Waals surface area contributed by atoms with Gasteiger partial charge in [0.15, 0.2) is 9.84 Å². The molecule has 1 N–H and O–H groups in total. The van der Waals surface area contributed by atoms with E-state index in [4.69, 9.17) is 4.74 Å². The van der Waals surface area contributed by atoms with Crippen LogP contribution in [0.4, 0.5) is 5.69 Å². The molecule has 0 heterocycles. The number of benzene rings is 1. The van der Waals surface area contributed by atoms with Gasteiger partial charge in [-0.25, -0.2) is 8.42 Å². The predicted molar refractivity (Wildman–Crippen MR) is 74.0 cm³/mol. The second-order valence-corrected chi connectivity index (χ2v) is 6.17. The lowest BCUT2D eigenvalue weighted by atomic mass is 10.2. The fourth-order valence-electron chi connectivity index (χ4n) is 1.48. The van der Waals surface area contributed by atoms with Crippen molar-refractivity contribution in [3.05, 3.63) is 24.3 Å². The van der Waals surface area contributed by atoms with Crippen LogP contribution in [0.2, 0.25) is 0 Å². The first kappa shape index (κ1) is 16.2. The molecule has 1 aromatic rings. The molecule has 7 heteroatoms. The maximum atomic E-state index is 11.6. The van der Waals surface area contributed by atoms with Crippen LogP contribution >= 0.6 is 0 Å². The van der Waals surface area contributed by atoms with Crippen LogP contribution in [-0.4, -0.2) is 33.2 Å². The van der Waals surface area contributed by atoms with Gasteiger partial charge in [0.2, 0.25) is 5.91 Å². The van der Waals surface area contributed by atoms with Gasteiger partial charge in [0.1, 0.15) is 0 Å². The van der Waals surface area contributed by atoms with Gasteiger partial charge >= 0.3 is 5.97 Å². The van der Waals surface area contributed by atoms with Crippen molar-refractivity contribution in [1.29, 1.82) is 0 Å². The van der Waals surface area contributed by atoms with E-state index >= 15 is 0 Å². The number of amides is 1. The van der Waals surface area contributed by atoms with Crippen LogP contribution in [0, 0.1) is 0 Å². The van der Waals surface area contributed by atoms with Gasteiger partial charge in [0.05, 0.1) is 17.9 Å². The zero-order valence-corrected chi connectivity index (χ0v) is 12.2. The van der Waals surface area contributed by atoms with E-state index in [9.17, 15) is 18.0 Å². The molecule has 0 atom stereocenters. The van der Waals surface area contributed by atoms with Crippen LogP contribution in [-0.2, 0) is 24.2 Å². The summed E-state index contributed by atoms with van der Waals surface area (Å²) in [4.78, 5) is 22.8. The quantitative estimate of drug-likeness (QED) is 0.801. The highest BCUT2D eigenvalue weighted by Gasteiger charge is 2.10. The number of sulfone groups is 1. The molecule has 0 aliphatic heterocycles. The van der Waals surface area contributed by atoms with E-state index in [0.29, 0.717) is 5.69 Å². The predicted octanol–water partition coefficient (Wildman–Crippen LogP) is 1.37. The summed E-state index contributed by atoms with van der Waals surface area (Å²) < 4.78 is 27.5. The average molecular weight is 299 g/mol. The number of nitrogens with one attached hydrogen (secondary N) is 1. The molecule has 110 valence electrons. The van der Waals surface area contributed by atoms with E-state index in [0.717, 1.165) is 6.26 Å². The molecule has 0 bridgehead atoms. The molecule has 0 aromatic heterocycles. The minimum absolute atomic E-state index is 0.00849. The Balaban J connectivity index is 2.61. The van der Waals surface area contributed by atoms with Crippen LogP contribution in [0.3, 0.4) is 0 Å². The minimum Gasteiger partial charge on any atom is -0.466 e. The van der Waals surface area contributed by atoms with Gasteiger partial charge in [0, 0.05) is 18.4 Å². The van der Waals surface area contributed by atoms with E-state index in [-0.39, 0.29) is 30.3 Å². The first-order valence-electron chi connectivity index (χ1n) is 6.08. The Morgan fingerprint density at radius 1 is 1.25 bits per heavy atom. The molecule has 0 saturated heterocycles. The Morgan fingerprint density at radius 3 is 2.55 bits per heavy atom. The van der Waals surface area contributed by atoms with E-state index < -0.39 is 15.8 Å². The van der Waals surface area contributed by atoms with Crippen molar-refractivity contribution in [3.63, 3.8) is 0 Å². The van der Waals surface area contributed by atoms with Crippen molar-refractivity contribution in [2.24, 2.45) is 0 Å². The number of anilines is 1. The van der Waals surface area contributed by atoms with Gasteiger partial charge in [-0.2, -0.15) is 0 Å². The second kappa shape index (κ2) is 7.04. The number of carbonyl (C=O) groups excluding carboxylic acids is 2. The monoisotopic (exact) mass is 299 g/mol. The Hall–Kier alpha value is -1.89. The third-order valence-corrected chi connectivity index (χ3v) is 3.52. The average Bonchev–Trinajstić information content (AvgIpc) is 2.36. The molecule has 1 aromatic carbocycles. The lowest BCUT2D eigenvalue weighted by Gasteiger charge is -2.06. The fraction of sp³-hybridized carbons (Fsp3) is 0.385. The molecular weight excluding hydrogens is 282 g/mol. The normalized spacial score (nSPS) is 10.9. The molecule has 0 radical (unpaired) electrons. The lowest BCUT2D eigenvalue weighted by Crippen LogP contribution is -2.14. The Morgan fingerprint density at radius 2 is 1.95 bits per heavy atom. The summed E-state index contributed by atoms with van der Waals surface area (Å²) in [5.41, 5.74) is 0.377. The van der Waals surface area contributed by atoms with E-state index in [1.54, 1.807) is 13.0 Å². The first-order valence-corrected chi connectivity index (χ1v) is 7.97. The van der Waals surface area contributed by atoms with Crippen molar-refractivity contribution >= 4 is 27.4 Å². The molecule has 0 unspecified atom stereocenters. The highest BCUT2D eigenvalue weighted by atomic mass is 32.2. The number of carbonyl (C=O) groups is 2. The maximum absolute atomic E-state index is 11.6. The van der Waals surface area contributed by atoms with Crippen LogP contribution in [0.1, 0.15) is 19.8 Å². The van der Waals surface area contributed by atoms with Crippen molar-refractivity contribution in [3.8, 4) is 0 Å². The molecular formula is C13H17NO5S. The number of esters is 1. The van der Waals surface area contributed by atoms with Crippen LogP contribution in [0.15, 0.2) is 29.2 Å². The van der Waals surface area contributed by atoms with Crippen molar-refractivity contribution in [1.82, 2.24) is 0 Å². The molecule has 1 rings (SSSR count). The standard InChI is InChI=1S/C13H17NO5S/c1-3-19-13(16)8-7-12(15)14-10-5-4-6-11(9-10)20(2,17)18/h4-6,9H,3,7-8H2,1-2H3,(H,14,15). The number of hydrogen-bond acceptors (Lipinski definition) is 5. The Labute approximate surface area is 118 Å². The third kappa shape index (κ3) is 5.40. The third-order valence-electron chi connectivity index (χ3n) is 2.41. The minimum atomic E-state index is -3.32. The van der Waals surface area contributed by atoms with E-state index in [1.807, 2.05) is 0 Å². The summed E-state index contributed by atoms with van der Waals surface area (Å²) in [6, 6.07) is 5.94. The van der Waals surface area contributed by atoms with Gasteiger partial charge < -0.3 is 10.1 Å². The van der Waals surface area contributed by atoms with E-state index in [1.165, 1.54) is 18.2 Å². The topological polar surface area (TPSA) is 89.5 Å². The molecule has 6 nitrogen and oxygen atoms in total. The number of hydrogen-bond donors (Lipinski definition) is 1. The highest BCUT2D eigenvalue weighted by Crippen LogP contribution is 2.15. The smallest absolute Gasteiger partial charge is 0.306 e. The lowest BCUT2D eigenvalue weighted by molar-refractivity contribution is -0.144. The van der Waals surface area contributed by atoms with Gasteiger partial charge in [-0.15, -0.1) is 0 Å². The van der Waals surface area contributed by atoms with Crippen molar-refractivity contribution in [2.45, 2.75) is 24.7 Å². The zero-order chi connectivity index (χ0) is 15.2. The summed E-state index contributed by atoms with van der Waals surface area (Å²) in [7, 11) is -3.32. The van der Waals surface area contributed by atoms with Crippen LogP contribution in [0.25, 0.3) is 0 Å². The summed E-state index contributed by atoms with van der Waals surface area (Å²) in [5.74, 6) is -0.809. The van der Waals surface area contributed by atoms with Crippen molar-refractivity contribution < 1.29 is 22.7 Å². The fourth-order valence-corrected chi connectivity index (χ4v) is 2.14. The molecule has 1 amide bonds. The molecule has 0 spiro atoms. The first-order chi connectivity index (χ1) is 9.32. The molecule has 0 fully saturated rings. The van der Waals surface area contributed by atoms with Gasteiger partial charge in [-0.1, -0.05) is 6.07 Å². The second-order valence-electron chi connectivity index (χ2n) is 4.15. The summed E-state index contributed by atoms with van der Waals surface area (Å²) in [5, 5.41) is 2.54. The maximum Gasteiger partial charge on any atom is 0.306 e. The summed E-state index contributed by atoms with van der Waals surface area (Å²) in [6.45, 7) is 1.96. The zero-order valence-electron chi connectivity index (χ0n) is 11.4. The van der Waals surface area contributed by atoms with Crippen LogP contribution < -0.4 is 5.32 Å². The Kier molecular flexibility index (Phi) is 5.69. The molecule has 0 saturated carbocycles. The van der Waals surface area contributed by atoms with Gasteiger partial charge in [-0.05, 0) is 25.1 Å². The largest absolute Gasteiger partial charge is 0.466 e. The SMILES string of the molecule is CCOC(=O)CCC(=O)Nc1cccc(S(C)(=O)=O)c1. The van der Waals surface area contributed by atoms with Crippen molar-refractivity contribution in [2.75, 3.05) is 18.2 Å². The number of rotatable bonds is 6. The molecule has 0 aliphatic rings. The molecule has 0 aliphatic carbocycles. The van der Waals surface area contributed by atoms with Crippen LogP contribution in [0.5, 0.6) is 0 Å². The summed E-state index contributed by atoms with van der Waals surface area (Å²) >= 11 is 0. The molecule has 20 heavy (non-hydrogen) atoms. The Bertz CT molecular complexity index is 595.